The van der Waals surface area contributed by atoms with Crippen LogP contribution in [-0.2, 0) is 11.2 Å². The number of thiazole rings is 1. The quantitative estimate of drug-likeness (QED) is 0.466. The first kappa shape index (κ1) is 20.8. The van der Waals surface area contributed by atoms with E-state index in [2.05, 4.69) is 36.9 Å². The minimum Gasteiger partial charge on any atom is -0.495 e. The van der Waals surface area contributed by atoms with E-state index in [0.29, 0.717) is 22.3 Å². The zero-order valence-corrected chi connectivity index (χ0v) is 18.2. The van der Waals surface area contributed by atoms with Crippen LogP contribution in [0.4, 0.5) is 21.3 Å². The van der Waals surface area contributed by atoms with Crippen LogP contribution in [0.25, 0.3) is 0 Å². The molecule has 0 fully saturated rings. The molecule has 3 amide bonds. The second-order valence-electron chi connectivity index (χ2n) is 6.11. The average Bonchev–Trinajstić information content (AvgIpc) is 3.11. The number of rotatable bonds is 6. The number of nitrogens with zero attached hydrogens (tertiary/aromatic N) is 1. The lowest BCUT2D eigenvalue weighted by Gasteiger charge is -2.09. The number of hydrogen-bond donors (Lipinski definition) is 3. The average molecular weight is 475 g/mol. The third-order valence-corrected chi connectivity index (χ3v) is 5.61. The van der Waals surface area contributed by atoms with Gasteiger partial charge < -0.3 is 15.4 Å². The van der Waals surface area contributed by atoms with Crippen LogP contribution >= 0.6 is 27.3 Å². The van der Waals surface area contributed by atoms with Gasteiger partial charge in [-0.25, -0.2) is 9.78 Å². The highest BCUT2D eigenvalue weighted by molar-refractivity contribution is 9.10. The lowest BCUT2D eigenvalue weighted by atomic mass is 10.2. The number of aryl methyl sites for hydroxylation is 1. The summed E-state index contributed by atoms with van der Waals surface area (Å²) in [6.45, 7) is 1.95. The number of urea groups is 1. The van der Waals surface area contributed by atoms with Gasteiger partial charge in [0.05, 0.1) is 24.9 Å². The van der Waals surface area contributed by atoms with Crippen LogP contribution in [0.15, 0.2) is 52.3 Å². The van der Waals surface area contributed by atoms with Crippen LogP contribution in [0.2, 0.25) is 0 Å². The van der Waals surface area contributed by atoms with E-state index in [-0.39, 0.29) is 12.3 Å². The second-order valence-corrected chi connectivity index (χ2v) is 7.82. The van der Waals surface area contributed by atoms with Crippen molar-refractivity contribution in [3.8, 4) is 5.75 Å². The number of anilines is 3. The van der Waals surface area contributed by atoms with Gasteiger partial charge in [0.15, 0.2) is 5.13 Å². The molecule has 0 radical (unpaired) electrons. The molecule has 1 aromatic heterocycles. The minimum atomic E-state index is -0.440. The minimum absolute atomic E-state index is 0.113. The first-order chi connectivity index (χ1) is 13.9. The number of amides is 3. The molecular formula is C20H19BrN4O3S. The van der Waals surface area contributed by atoms with Crippen LogP contribution in [0, 0.1) is 6.92 Å². The summed E-state index contributed by atoms with van der Waals surface area (Å²) in [5.74, 6) is 0.379. The molecule has 0 aliphatic carbocycles. The fourth-order valence-electron chi connectivity index (χ4n) is 2.54. The summed E-state index contributed by atoms with van der Waals surface area (Å²) in [6.07, 6.45) is 0.113. The number of hydrogen-bond acceptors (Lipinski definition) is 5. The molecule has 0 spiro atoms. The Hall–Kier alpha value is -2.91. The van der Waals surface area contributed by atoms with Crippen molar-refractivity contribution < 1.29 is 14.3 Å². The van der Waals surface area contributed by atoms with Gasteiger partial charge in [-0.1, -0.05) is 28.1 Å². The van der Waals surface area contributed by atoms with Crippen LogP contribution in [0.3, 0.4) is 0 Å². The SMILES string of the molecule is COc1ccccc1NC(=O)Nc1nc(CC(=O)Nc2ccc(Br)c(C)c2)cs1. The number of aromatic nitrogens is 1. The monoisotopic (exact) mass is 474 g/mol. The summed E-state index contributed by atoms with van der Waals surface area (Å²) in [6, 6.07) is 12.3. The molecule has 0 atom stereocenters. The summed E-state index contributed by atoms with van der Waals surface area (Å²) >= 11 is 4.68. The number of carbonyl (C=O) groups excluding carboxylic acids is 2. The molecule has 3 N–H and O–H groups in total. The van der Waals surface area contributed by atoms with Crippen LogP contribution in [0.5, 0.6) is 5.75 Å². The zero-order chi connectivity index (χ0) is 20.8. The van der Waals surface area contributed by atoms with E-state index in [9.17, 15) is 9.59 Å². The fourth-order valence-corrected chi connectivity index (χ4v) is 3.49. The van der Waals surface area contributed by atoms with Crippen molar-refractivity contribution in [1.29, 1.82) is 0 Å². The predicted molar refractivity (Wildman–Crippen MR) is 119 cm³/mol. The van der Waals surface area contributed by atoms with E-state index in [1.54, 1.807) is 23.6 Å². The van der Waals surface area contributed by atoms with Gasteiger partial charge in [-0.05, 0) is 42.8 Å². The lowest BCUT2D eigenvalue weighted by Crippen LogP contribution is -2.20. The van der Waals surface area contributed by atoms with Crippen molar-refractivity contribution in [2.45, 2.75) is 13.3 Å². The number of para-hydroxylation sites is 2. The highest BCUT2D eigenvalue weighted by atomic mass is 79.9. The number of nitrogens with one attached hydrogen (secondary N) is 3. The van der Waals surface area contributed by atoms with E-state index < -0.39 is 6.03 Å². The number of benzene rings is 2. The summed E-state index contributed by atoms with van der Waals surface area (Å²) in [4.78, 5) is 28.7. The van der Waals surface area contributed by atoms with Gasteiger partial charge in [0.25, 0.3) is 0 Å². The molecule has 0 saturated carbocycles. The molecule has 0 saturated heterocycles. The largest absolute Gasteiger partial charge is 0.495 e. The lowest BCUT2D eigenvalue weighted by molar-refractivity contribution is -0.115. The Kier molecular flexibility index (Phi) is 6.84. The number of ether oxygens (including phenoxy) is 1. The van der Waals surface area contributed by atoms with E-state index in [4.69, 9.17) is 4.74 Å². The Balaban J connectivity index is 1.55. The van der Waals surface area contributed by atoms with Crippen LogP contribution in [0.1, 0.15) is 11.3 Å². The molecule has 3 rings (SSSR count). The van der Waals surface area contributed by atoms with Gasteiger partial charge in [-0.3, -0.25) is 10.1 Å². The first-order valence-corrected chi connectivity index (χ1v) is 10.3. The Morgan fingerprint density at radius 1 is 1.14 bits per heavy atom. The topological polar surface area (TPSA) is 92.3 Å². The maximum absolute atomic E-state index is 12.2. The smallest absolute Gasteiger partial charge is 0.325 e. The van der Waals surface area contributed by atoms with E-state index >= 15 is 0 Å². The van der Waals surface area contributed by atoms with Crippen molar-refractivity contribution in [2.75, 3.05) is 23.1 Å². The van der Waals surface area contributed by atoms with Gasteiger partial charge >= 0.3 is 6.03 Å². The molecule has 150 valence electrons. The van der Waals surface area contributed by atoms with Gasteiger partial charge in [0.2, 0.25) is 5.91 Å². The Labute approximate surface area is 180 Å². The third kappa shape index (κ3) is 5.78. The molecule has 0 aliphatic rings. The highest BCUT2D eigenvalue weighted by Crippen LogP contribution is 2.24. The summed E-state index contributed by atoms with van der Waals surface area (Å²) in [5.41, 5.74) is 2.88. The molecule has 2 aromatic carbocycles. The van der Waals surface area contributed by atoms with Crippen molar-refractivity contribution in [1.82, 2.24) is 4.98 Å². The molecule has 1 heterocycles. The van der Waals surface area contributed by atoms with Crippen LogP contribution < -0.4 is 20.7 Å². The molecule has 29 heavy (non-hydrogen) atoms. The Morgan fingerprint density at radius 3 is 2.69 bits per heavy atom. The Morgan fingerprint density at radius 2 is 1.93 bits per heavy atom. The van der Waals surface area contributed by atoms with Gasteiger partial charge in [-0.2, -0.15) is 0 Å². The third-order valence-electron chi connectivity index (χ3n) is 3.91. The van der Waals surface area contributed by atoms with Gasteiger partial charge in [-0.15, -0.1) is 11.3 Å². The van der Waals surface area contributed by atoms with Crippen molar-refractivity contribution >= 4 is 55.7 Å². The fraction of sp³-hybridized carbons (Fsp3) is 0.150. The molecule has 3 aromatic rings. The molecule has 0 bridgehead atoms. The summed E-state index contributed by atoms with van der Waals surface area (Å²) in [7, 11) is 1.53. The van der Waals surface area contributed by atoms with Gasteiger partial charge in [0.1, 0.15) is 5.75 Å². The standard InChI is InChI=1S/C20H19BrN4O3S/c1-12-9-13(7-8-15(12)21)22-18(26)10-14-11-29-20(23-14)25-19(27)24-16-5-3-4-6-17(16)28-2/h3-9,11H,10H2,1-2H3,(H,22,26)(H2,23,24,25,27). The molecular weight excluding hydrogens is 456 g/mol. The Bertz CT molecular complexity index is 1040. The van der Waals surface area contributed by atoms with Crippen molar-refractivity contribution in [3.05, 3.63) is 63.6 Å². The van der Waals surface area contributed by atoms with E-state index in [0.717, 1.165) is 15.7 Å². The van der Waals surface area contributed by atoms with Gasteiger partial charge in [0, 0.05) is 15.5 Å². The number of methoxy groups -OCH3 is 1. The highest BCUT2D eigenvalue weighted by Gasteiger charge is 2.12. The molecule has 7 nitrogen and oxygen atoms in total. The molecule has 0 unspecified atom stereocenters. The molecule has 0 aliphatic heterocycles. The summed E-state index contributed by atoms with van der Waals surface area (Å²) < 4.78 is 6.19. The van der Waals surface area contributed by atoms with E-state index in [1.807, 2.05) is 31.2 Å². The molecule has 9 heteroatoms. The number of carbonyl (C=O) groups is 2. The zero-order valence-electron chi connectivity index (χ0n) is 15.8. The van der Waals surface area contributed by atoms with Crippen LogP contribution in [-0.4, -0.2) is 24.0 Å². The normalized spacial score (nSPS) is 10.3. The summed E-state index contributed by atoms with van der Waals surface area (Å²) in [5, 5.41) is 10.4. The maximum atomic E-state index is 12.2. The van der Waals surface area contributed by atoms with Crippen molar-refractivity contribution in [2.24, 2.45) is 0 Å². The predicted octanol–water partition coefficient (Wildman–Crippen LogP) is 5.05. The second kappa shape index (κ2) is 9.53. The van der Waals surface area contributed by atoms with E-state index in [1.165, 1.54) is 18.4 Å². The van der Waals surface area contributed by atoms with Crippen molar-refractivity contribution in [3.63, 3.8) is 0 Å². The number of halogens is 1. The first-order valence-electron chi connectivity index (χ1n) is 8.66. The maximum Gasteiger partial charge on any atom is 0.325 e.